The highest BCUT2D eigenvalue weighted by atomic mass is 16.4. The highest BCUT2D eigenvalue weighted by Crippen LogP contribution is 2.06. The van der Waals surface area contributed by atoms with Crippen molar-refractivity contribution >= 4 is 17.8 Å². The molecule has 9 nitrogen and oxygen atoms in total. The monoisotopic (exact) mass is 317 g/mol. The Morgan fingerprint density at radius 1 is 1.09 bits per heavy atom. The van der Waals surface area contributed by atoms with E-state index in [9.17, 15) is 24.6 Å². The van der Waals surface area contributed by atoms with E-state index in [-0.39, 0.29) is 0 Å². The largest absolute Gasteiger partial charge is 0.480 e. The molecule has 126 valence electrons. The fourth-order valence-electron chi connectivity index (χ4n) is 2.20. The van der Waals surface area contributed by atoms with Gasteiger partial charge in [0.25, 0.3) is 0 Å². The molecule has 0 aliphatic carbocycles. The van der Waals surface area contributed by atoms with Crippen molar-refractivity contribution in [2.75, 3.05) is 6.54 Å². The first-order chi connectivity index (χ1) is 10.2. The zero-order valence-corrected chi connectivity index (χ0v) is 12.6. The molecule has 9 heteroatoms. The molecule has 2 amide bonds. The first-order valence-electron chi connectivity index (χ1n) is 7.17. The van der Waals surface area contributed by atoms with Gasteiger partial charge >= 0.3 is 5.97 Å². The van der Waals surface area contributed by atoms with Gasteiger partial charge in [-0.05, 0) is 33.2 Å². The van der Waals surface area contributed by atoms with Gasteiger partial charge in [0.15, 0.2) is 6.04 Å². The van der Waals surface area contributed by atoms with E-state index in [1.807, 2.05) is 0 Å². The van der Waals surface area contributed by atoms with Crippen LogP contribution in [0.1, 0.15) is 26.7 Å². The van der Waals surface area contributed by atoms with E-state index >= 15 is 0 Å². The maximum Gasteiger partial charge on any atom is 0.328 e. The number of hydrogen-bond donors (Lipinski definition) is 6. The van der Waals surface area contributed by atoms with Crippen molar-refractivity contribution < 1.29 is 29.7 Å². The number of amides is 2. The fourth-order valence-corrected chi connectivity index (χ4v) is 2.20. The molecule has 5 unspecified atom stereocenters. The molecular formula is C13H23N3O6. The topological polar surface area (TPSA) is 148 Å². The first-order valence-corrected chi connectivity index (χ1v) is 7.17. The summed E-state index contributed by atoms with van der Waals surface area (Å²) in [6.07, 6.45) is -1.06. The van der Waals surface area contributed by atoms with Gasteiger partial charge in [-0.25, -0.2) is 4.79 Å². The maximum absolute atomic E-state index is 12.1. The number of carboxylic acids is 1. The van der Waals surface area contributed by atoms with Crippen LogP contribution in [0, 0.1) is 0 Å². The first kappa shape index (κ1) is 18.3. The second-order valence-electron chi connectivity index (χ2n) is 5.44. The molecule has 1 aliphatic rings. The number of hydrogen-bond acceptors (Lipinski definition) is 6. The number of carboxylic acid groups (broad SMARTS) is 1. The molecule has 0 spiro atoms. The maximum atomic E-state index is 12.1. The van der Waals surface area contributed by atoms with Crippen molar-refractivity contribution in [2.45, 2.75) is 57.0 Å². The van der Waals surface area contributed by atoms with Crippen molar-refractivity contribution in [1.82, 2.24) is 16.0 Å². The molecule has 0 bridgehead atoms. The molecule has 1 saturated heterocycles. The van der Waals surface area contributed by atoms with Crippen LogP contribution in [0.25, 0.3) is 0 Å². The molecule has 0 aromatic rings. The molecule has 0 aromatic heterocycles. The van der Waals surface area contributed by atoms with Crippen LogP contribution in [-0.2, 0) is 14.4 Å². The standard InChI is InChI=1S/C13H23N3O6/c1-6(17)9(15-11(19)8-4-3-5-14-8)12(20)16-10(7(2)18)13(21)22/h6-10,14,17-18H,3-5H2,1-2H3,(H,15,19)(H,16,20)(H,21,22). The molecule has 5 atom stereocenters. The Bertz CT molecular complexity index is 420. The summed E-state index contributed by atoms with van der Waals surface area (Å²) >= 11 is 0. The van der Waals surface area contributed by atoms with Gasteiger partial charge in [-0.2, -0.15) is 0 Å². The van der Waals surface area contributed by atoms with Gasteiger partial charge in [0.1, 0.15) is 6.04 Å². The lowest BCUT2D eigenvalue weighted by molar-refractivity contribution is -0.145. The molecule has 6 N–H and O–H groups in total. The lowest BCUT2D eigenvalue weighted by Gasteiger charge is -2.25. The van der Waals surface area contributed by atoms with Gasteiger partial charge < -0.3 is 31.3 Å². The predicted molar refractivity (Wildman–Crippen MR) is 75.9 cm³/mol. The minimum absolute atomic E-state index is 0.428. The number of nitrogens with one attached hydrogen (secondary N) is 3. The summed E-state index contributed by atoms with van der Waals surface area (Å²) in [6.45, 7) is 3.23. The quantitative estimate of drug-likeness (QED) is 0.305. The molecule has 0 aromatic carbocycles. The van der Waals surface area contributed by atoms with Crippen molar-refractivity contribution in [3.05, 3.63) is 0 Å². The predicted octanol–water partition coefficient (Wildman–Crippen LogP) is -2.45. The lowest BCUT2D eigenvalue weighted by Crippen LogP contribution is -2.59. The fraction of sp³-hybridized carbons (Fsp3) is 0.769. The molecule has 22 heavy (non-hydrogen) atoms. The van der Waals surface area contributed by atoms with Gasteiger partial charge in [0.2, 0.25) is 11.8 Å². The van der Waals surface area contributed by atoms with E-state index in [1.165, 1.54) is 13.8 Å². The summed E-state index contributed by atoms with van der Waals surface area (Å²) in [5, 5.41) is 35.4. The van der Waals surface area contributed by atoms with E-state index in [1.54, 1.807) is 0 Å². The molecular weight excluding hydrogens is 294 g/mol. The van der Waals surface area contributed by atoms with E-state index in [0.717, 1.165) is 6.42 Å². The SMILES string of the molecule is CC(O)C(NC(=O)C(NC(=O)C1CCCN1)C(C)O)C(=O)O. The Hall–Kier alpha value is -1.71. The van der Waals surface area contributed by atoms with Gasteiger partial charge in [0.05, 0.1) is 18.2 Å². The van der Waals surface area contributed by atoms with Gasteiger partial charge in [0, 0.05) is 0 Å². The van der Waals surface area contributed by atoms with Crippen molar-refractivity contribution in [3.63, 3.8) is 0 Å². The van der Waals surface area contributed by atoms with E-state index in [2.05, 4.69) is 16.0 Å². The van der Waals surface area contributed by atoms with Crippen LogP contribution in [0.3, 0.4) is 0 Å². The number of carbonyl (C=O) groups is 3. The Balaban J connectivity index is 2.70. The van der Waals surface area contributed by atoms with Crippen LogP contribution in [0.4, 0.5) is 0 Å². The molecule has 0 radical (unpaired) electrons. The second-order valence-corrected chi connectivity index (χ2v) is 5.44. The average molecular weight is 317 g/mol. The molecule has 0 saturated carbocycles. The molecule has 1 heterocycles. The van der Waals surface area contributed by atoms with Crippen LogP contribution in [-0.4, -0.2) is 70.0 Å². The number of aliphatic hydroxyl groups is 2. The number of aliphatic carboxylic acids is 1. The van der Waals surface area contributed by atoms with Crippen molar-refractivity contribution in [3.8, 4) is 0 Å². The third kappa shape index (κ3) is 4.93. The third-order valence-corrected chi connectivity index (χ3v) is 3.49. The molecule has 1 fully saturated rings. The number of carbonyl (C=O) groups excluding carboxylic acids is 2. The Kier molecular flexibility index (Phi) is 6.72. The summed E-state index contributed by atoms with van der Waals surface area (Å²) in [7, 11) is 0. The minimum Gasteiger partial charge on any atom is -0.480 e. The van der Waals surface area contributed by atoms with Gasteiger partial charge in [-0.15, -0.1) is 0 Å². The normalized spacial score (nSPS) is 23.2. The average Bonchev–Trinajstić information content (AvgIpc) is 2.94. The van der Waals surface area contributed by atoms with E-state index < -0.39 is 48.1 Å². The number of aliphatic hydroxyl groups excluding tert-OH is 2. The zero-order valence-electron chi connectivity index (χ0n) is 12.6. The van der Waals surface area contributed by atoms with E-state index in [0.29, 0.717) is 13.0 Å². The van der Waals surface area contributed by atoms with Gasteiger partial charge in [-0.1, -0.05) is 0 Å². The third-order valence-electron chi connectivity index (χ3n) is 3.49. The van der Waals surface area contributed by atoms with Crippen molar-refractivity contribution in [1.29, 1.82) is 0 Å². The second kappa shape index (κ2) is 8.06. The Morgan fingerprint density at radius 3 is 2.09 bits per heavy atom. The highest BCUT2D eigenvalue weighted by Gasteiger charge is 2.33. The Labute approximate surface area is 128 Å². The Morgan fingerprint density at radius 2 is 1.68 bits per heavy atom. The summed E-state index contributed by atoms with van der Waals surface area (Å²) in [6, 6.07) is -3.24. The van der Waals surface area contributed by atoms with Crippen molar-refractivity contribution in [2.24, 2.45) is 0 Å². The minimum atomic E-state index is -1.52. The summed E-state index contributed by atoms with van der Waals surface area (Å²) < 4.78 is 0. The smallest absolute Gasteiger partial charge is 0.328 e. The van der Waals surface area contributed by atoms with Crippen LogP contribution >= 0.6 is 0 Å². The highest BCUT2D eigenvalue weighted by molar-refractivity contribution is 5.92. The molecule has 1 aliphatic heterocycles. The van der Waals surface area contributed by atoms with Crippen LogP contribution in [0.15, 0.2) is 0 Å². The number of rotatable bonds is 7. The summed E-state index contributed by atoms with van der Waals surface area (Å²) in [5.74, 6) is -2.70. The lowest BCUT2D eigenvalue weighted by atomic mass is 10.1. The molecule has 1 rings (SSSR count). The van der Waals surface area contributed by atoms with Crippen LogP contribution in [0.2, 0.25) is 0 Å². The van der Waals surface area contributed by atoms with E-state index in [4.69, 9.17) is 5.11 Å². The van der Waals surface area contributed by atoms with Crippen LogP contribution in [0.5, 0.6) is 0 Å². The van der Waals surface area contributed by atoms with Gasteiger partial charge in [-0.3, -0.25) is 9.59 Å². The zero-order chi connectivity index (χ0) is 16.9. The van der Waals surface area contributed by atoms with Crippen LogP contribution < -0.4 is 16.0 Å². The summed E-state index contributed by atoms with van der Waals surface area (Å²) in [5.41, 5.74) is 0. The summed E-state index contributed by atoms with van der Waals surface area (Å²) in [4.78, 5) is 35.0.